The van der Waals surface area contributed by atoms with E-state index in [2.05, 4.69) is 179 Å². The highest BCUT2D eigenvalue weighted by Crippen LogP contribution is 2.43. The fraction of sp³-hybridized carbons (Fsp3) is 0.0435. The van der Waals surface area contributed by atoms with E-state index in [-0.39, 0.29) is 0 Å². The molecule has 1 aliphatic rings. The summed E-state index contributed by atoms with van der Waals surface area (Å²) in [6.07, 6.45) is 6.95. The largest absolute Gasteiger partial charge is 0.309 e. The van der Waals surface area contributed by atoms with Gasteiger partial charge in [-0.3, -0.25) is 0 Å². The zero-order valence-corrected chi connectivity index (χ0v) is 26.5. The van der Waals surface area contributed by atoms with Crippen LogP contribution in [0.15, 0.2) is 170 Å². The third kappa shape index (κ3) is 4.06. The number of para-hydroxylation sites is 2. The van der Waals surface area contributed by atoms with E-state index in [1.807, 2.05) is 0 Å². The second-order valence-corrected chi connectivity index (χ2v) is 12.8. The lowest BCUT2D eigenvalue weighted by molar-refractivity contribution is 1.04. The Morgan fingerprint density at radius 3 is 1.75 bits per heavy atom. The molecule has 1 aliphatic carbocycles. The van der Waals surface area contributed by atoms with Gasteiger partial charge >= 0.3 is 0 Å². The van der Waals surface area contributed by atoms with E-state index in [4.69, 9.17) is 0 Å². The van der Waals surface area contributed by atoms with Gasteiger partial charge in [0.25, 0.3) is 0 Å². The van der Waals surface area contributed by atoms with E-state index >= 15 is 0 Å². The van der Waals surface area contributed by atoms with Crippen LogP contribution in [0.4, 0.5) is 0 Å². The minimum absolute atomic E-state index is 1.07. The Labute approximate surface area is 279 Å². The number of hydrogen-bond donors (Lipinski definition) is 0. The maximum atomic E-state index is 2.48. The van der Waals surface area contributed by atoms with Gasteiger partial charge in [0.05, 0.1) is 22.1 Å². The molecule has 0 fully saturated rings. The molecule has 0 amide bonds. The maximum absolute atomic E-state index is 2.48. The Kier molecular flexibility index (Phi) is 6.04. The van der Waals surface area contributed by atoms with Gasteiger partial charge in [0.15, 0.2) is 0 Å². The zero-order chi connectivity index (χ0) is 31.6. The number of aromatic nitrogens is 2. The van der Waals surface area contributed by atoms with Gasteiger partial charge in [0.2, 0.25) is 0 Å². The first-order chi connectivity index (χ1) is 23.8. The van der Waals surface area contributed by atoms with Gasteiger partial charge in [-0.2, -0.15) is 0 Å². The normalized spacial score (nSPS) is 13.5. The summed E-state index contributed by atoms with van der Waals surface area (Å²) in [4.78, 5) is 0. The first kappa shape index (κ1) is 27.0. The molecule has 2 heterocycles. The number of fused-ring (bicyclic) bond motifs is 8. The van der Waals surface area contributed by atoms with Crippen molar-refractivity contribution in [3.63, 3.8) is 0 Å². The molecule has 2 aromatic heterocycles. The van der Waals surface area contributed by atoms with Crippen LogP contribution in [-0.4, -0.2) is 9.13 Å². The van der Waals surface area contributed by atoms with Gasteiger partial charge in [-0.05, 0) is 88.4 Å². The van der Waals surface area contributed by atoms with Crippen LogP contribution in [0.1, 0.15) is 24.0 Å². The molecule has 10 rings (SSSR count). The van der Waals surface area contributed by atoms with Crippen LogP contribution in [0.3, 0.4) is 0 Å². The molecule has 0 saturated carbocycles. The standard InChI is InChI=1S/C46H32N2/c1-2-13-32(14-3-1)37-16-6-7-17-38(37)33-23-25-35(26-24-33)47-43-21-11-9-19-41(43)45-44(47)29-28-40-39-18-8-10-20-42(39)48(46(40)45)36-27-22-31-12-4-5-15-34(31)30-36/h1-5,8-30H,6-7H2. The fourth-order valence-electron chi connectivity index (χ4n) is 8.00. The van der Waals surface area contributed by atoms with Crippen LogP contribution >= 0.6 is 0 Å². The molecule has 226 valence electrons. The average Bonchev–Trinajstić information content (AvgIpc) is 3.68. The molecule has 0 bridgehead atoms. The molecule has 2 heteroatoms. The van der Waals surface area contributed by atoms with Crippen molar-refractivity contribution in [3.8, 4) is 11.4 Å². The molecule has 0 saturated heterocycles. The second kappa shape index (κ2) is 10.7. The number of nitrogens with zero attached hydrogens (tertiary/aromatic N) is 2. The van der Waals surface area contributed by atoms with Crippen LogP contribution in [-0.2, 0) is 0 Å². The monoisotopic (exact) mass is 612 g/mol. The van der Waals surface area contributed by atoms with E-state index in [1.165, 1.54) is 88.0 Å². The Balaban J connectivity index is 1.20. The number of allylic oxidation sites excluding steroid dienone is 4. The van der Waals surface area contributed by atoms with E-state index in [0.717, 1.165) is 12.8 Å². The smallest absolute Gasteiger partial charge is 0.0641 e. The lowest BCUT2D eigenvalue weighted by Gasteiger charge is -2.18. The highest BCUT2D eigenvalue weighted by Gasteiger charge is 2.21. The van der Waals surface area contributed by atoms with Crippen LogP contribution in [0.25, 0.3) is 76.9 Å². The summed E-state index contributed by atoms with van der Waals surface area (Å²) in [6.45, 7) is 0. The first-order valence-electron chi connectivity index (χ1n) is 16.8. The van der Waals surface area contributed by atoms with Crippen molar-refractivity contribution in [1.82, 2.24) is 9.13 Å². The number of benzene rings is 7. The van der Waals surface area contributed by atoms with Crippen molar-refractivity contribution in [1.29, 1.82) is 0 Å². The Bertz CT molecular complexity index is 2750. The van der Waals surface area contributed by atoms with Crippen molar-refractivity contribution in [2.45, 2.75) is 12.8 Å². The first-order valence-corrected chi connectivity index (χ1v) is 16.8. The topological polar surface area (TPSA) is 9.86 Å². The van der Waals surface area contributed by atoms with Crippen LogP contribution < -0.4 is 0 Å². The zero-order valence-electron chi connectivity index (χ0n) is 26.5. The van der Waals surface area contributed by atoms with Crippen LogP contribution in [0, 0.1) is 0 Å². The predicted octanol–water partition coefficient (Wildman–Crippen LogP) is 12.3. The van der Waals surface area contributed by atoms with Crippen molar-refractivity contribution >= 4 is 65.5 Å². The van der Waals surface area contributed by atoms with Gasteiger partial charge in [-0.15, -0.1) is 0 Å². The quantitative estimate of drug-likeness (QED) is 0.187. The predicted molar refractivity (Wildman–Crippen MR) is 204 cm³/mol. The average molecular weight is 613 g/mol. The molecule has 2 nitrogen and oxygen atoms in total. The van der Waals surface area contributed by atoms with Crippen molar-refractivity contribution < 1.29 is 0 Å². The molecular formula is C46H32N2. The van der Waals surface area contributed by atoms with E-state index in [9.17, 15) is 0 Å². The van der Waals surface area contributed by atoms with E-state index in [0.29, 0.717) is 0 Å². The summed E-state index contributed by atoms with van der Waals surface area (Å²) in [7, 11) is 0. The third-order valence-electron chi connectivity index (χ3n) is 10.1. The number of hydrogen-bond acceptors (Lipinski definition) is 0. The SMILES string of the molecule is C1=C(c2ccccc2)C(c2ccc(-n3c4ccccc4c4c3ccc3c5ccccc5n(-c5ccc6ccccc6c5)c34)cc2)=CCC1. The Morgan fingerprint density at radius 2 is 0.979 bits per heavy atom. The summed E-state index contributed by atoms with van der Waals surface area (Å²) in [5.74, 6) is 0. The van der Waals surface area contributed by atoms with Gasteiger partial charge in [0.1, 0.15) is 0 Å². The molecule has 0 spiro atoms. The molecule has 0 radical (unpaired) electrons. The third-order valence-corrected chi connectivity index (χ3v) is 10.1. The fourth-order valence-corrected chi connectivity index (χ4v) is 8.00. The lowest BCUT2D eigenvalue weighted by atomic mass is 9.87. The highest BCUT2D eigenvalue weighted by molar-refractivity contribution is 6.26. The molecule has 0 unspecified atom stereocenters. The van der Waals surface area contributed by atoms with Gasteiger partial charge < -0.3 is 9.13 Å². The Morgan fingerprint density at radius 1 is 0.375 bits per heavy atom. The molecule has 0 N–H and O–H groups in total. The summed E-state index contributed by atoms with van der Waals surface area (Å²) >= 11 is 0. The molecule has 7 aromatic carbocycles. The summed E-state index contributed by atoms with van der Waals surface area (Å²) < 4.78 is 4.92. The van der Waals surface area contributed by atoms with Crippen LogP contribution in [0.5, 0.6) is 0 Å². The van der Waals surface area contributed by atoms with E-state index < -0.39 is 0 Å². The van der Waals surface area contributed by atoms with Gasteiger partial charge in [0, 0.05) is 32.9 Å². The Hall–Kier alpha value is -6.12. The van der Waals surface area contributed by atoms with E-state index in [1.54, 1.807) is 0 Å². The van der Waals surface area contributed by atoms with Gasteiger partial charge in [-0.1, -0.05) is 127 Å². The van der Waals surface area contributed by atoms with Crippen molar-refractivity contribution in [3.05, 3.63) is 181 Å². The summed E-state index contributed by atoms with van der Waals surface area (Å²) in [6, 6.07) is 57.8. The van der Waals surface area contributed by atoms with Gasteiger partial charge in [-0.25, -0.2) is 0 Å². The maximum Gasteiger partial charge on any atom is 0.0641 e. The molecular weight excluding hydrogens is 581 g/mol. The minimum Gasteiger partial charge on any atom is -0.309 e. The van der Waals surface area contributed by atoms with Crippen LogP contribution in [0.2, 0.25) is 0 Å². The second-order valence-electron chi connectivity index (χ2n) is 12.8. The molecule has 48 heavy (non-hydrogen) atoms. The lowest BCUT2D eigenvalue weighted by Crippen LogP contribution is -1.98. The molecule has 0 atom stereocenters. The highest BCUT2D eigenvalue weighted by atomic mass is 15.0. The number of rotatable bonds is 4. The minimum atomic E-state index is 1.07. The van der Waals surface area contributed by atoms with Crippen molar-refractivity contribution in [2.75, 3.05) is 0 Å². The summed E-state index contributed by atoms with van der Waals surface area (Å²) in [5.41, 5.74) is 12.4. The molecule has 9 aromatic rings. The molecule has 0 aliphatic heterocycles. The summed E-state index contributed by atoms with van der Waals surface area (Å²) in [5, 5.41) is 7.58. The van der Waals surface area contributed by atoms with Crippen molar-refractivity contribution in [2.24, 2.45) is 0 Å².